The number of benzene rings is 1. The molecule has 1 aliphatic carbocycles. The summed E-state index contributed by atoms with van der Waals surface area (Å²) in [6.45, 7) is 1.26. The number of hydrogen-bond donors (Lipinski definition) is 2. The molecule has 1 saturated carbocycles. The van der Waals surface area contributed by atoms with Gasteiger partial charge in [-0.2, -0.15) is 0 Å². The maximum Gasteiger partial charge on any atom is 0.307 e. The van der Waals surface area contributed by atoms with Gasteiger partial charge in [0.25, 0.3) is 0 Å². The zero-order chi connectivity index (χ0) is 20.1. The van der Waals surface area contributed by atoms with Crippen LogP contribution in [0.3, 0.4) is 0 Å². The first-order valence-corrected chi connectivity index (χ1v) is 12.1. The Bertz CT molecular complexity index is 766. The van der Waals surface area contributed by atoms with Crippen LogP contribution in [0.4, 0.5) is 0 Å². The molecule has 28 heavy (non-hydrogen) atoms. The SMILES string of the molecule is O=C(O)CC1=C(C(=O)C2CC2)N(Cc2ccccc2Cl)CCC1SSCCO. The average molecular weight is 442 g/mol. The van der Waals surface area contributed by atoms with Crippen molar-refractivity contribution in [1.82, 2.24) is 4.90 Å². The lowest BCUT2D eigenvalue weighted by Crippen LogP contribution is -2.38. The minimum absolute atomic E-state index is 0.0152. The van der Waals surface area contributed by atoms with Crippen LogP contribution in [0.25, 0.3) is 0 Å². The highest BCUT2D eigenvalue weighted by atomic mass is 35.5. The summed E-state index contributed by atoms with van der Waals surface area (Å²) in [7, 11) is 3.09. The lowest BCUT2D eigenvalue weighted by atomic mass is 9.94. The lowest BCUT2D eigenvalue weighted by molar-refractivity contribution is -0.136. The smallest absolute Gasteiger partial charge is 0.307 e. The van der Waals surface area contributed by atoms with Gasteiger partial charge in [0.1, 0.15) is 0 Å². The Morgan fingerprint density at radius 2 is 1.96 bits per heavy atom. The van der Waals surface area contributed by atoms with Gasteiger partial charge in [0, 0.05) is 35.0 Å². The van der Waals surface area contributed by atoms with E-state index in [9.17, 15) is 14.7 Å². The predicted molar refractivity (Wildman–Crippen MR) is 114 cm³/mol. The minimum Gasteiger partial charge on any atom is -0.481 e. The second-order valence-electron chi connectivity index (χ2n) is 7.01. The van der Waals surface area contributed by atoms with Crippen molar-refractivity contribution in [2.45, 2.75) is 37.5 Å². The molecule has 0 aromatic heterocycles. The number of halogens is 1. The summed E-state index contributed by atoms with van der Waals surface area (Å²) < 4.78 is 0. The molecule has 2 aliphatic rings. The largest absolute Gasteiger partial charge is 0.481 e. The Hall–Kier alpha value is -1.15. The fourth-order valence-corrected chi connectivity index (χ4v) is 6.08. The molecule has 0 spiro atoms. The van der Waals surface area contributed by atoms with E-state index >= 15 is 0 Å². The van der Waals surface area contributed by atoms with Crippen molar-refractivity contribution in [3.05, 3.63) is 46.1 Å². The molecule has 3 rings (SSSR count). The second-order valence-corrected chi connectivity index (χ2v) is 10.1. The van der Waals surface area contributed by atoms with Gasteiger partial charge in [-0.1, -0.05) is 51.4 Å². The highest BCUT2D eigenvalue weighted by Crippen LogP contribution is 2.43. The number of aliphatic hydroxyl groups is 1. The molecule has 1 unspecified atom stereocenters. The van der Waals surface area contributed by atoms with Crippen molar-refractivity contribution in [2.75, 3.05) is 18.9 Å². The highest BCUT2D eigenvalue weighted by Gasteiger charge is 2.39. The topological polar surface area (TPSA) is 77.8 Å². The first-order valence-electron chi connectivity index (χ1n) is 9.37. The van der Waals surface area contributed by atoms with Crippen LogP contribution in [0.1, 0.15) is 31.2 Å². The van der Waals surface area contributed by atoms with Crippen molar-refractivity contribution in [2.24, 2.45) is 5.92 Å². The number of carboxylic acid groups (broad SMARTS) is 1. The third-order valence-corrected chi connectivity index (χ3v) is 8.08. The molecule has 1 aliphatic heterocycles. The summed E-state index contributed by atoms with van der Waals surface area (Å²) in [5.74, 6) is -0.257. The van der Waals surface area contributed by atoms with E-state index in [4.69, 9.17) is 16.7 Å². The van der Waals surface area contributed by atoms with E-state index in [-0.39, 0.29) is 30.0 Å². The van der Waals surface area contributed by atoms with Crippen LogP contribution in [-0.4, -0.2) is 51.0 Å². The summed E-state index contributed by atoms with van der Waals surface area (Å²) in [6.07, 6.45) is 2.38. The molecule has 0 radical (unpaired) electrons. The number of nitrogens with zero attached hydrogens (tertiary/aromatic N) is 1. The van der Waals surface area contributed by atoms with E-state index in [1.807, 2.05) is 29.2 Å². The number of hydrogen-bond acceptors (Lipinski definition) is 6. The second kappa shape index (κ2) is 10.1. The number of allylic oxidation sites excluding steroid dienone is 1. The summed E-state index contributed by atoms with van der Waals surface area (Å²) in [4.78, 5) is 26.7. The Morgan fingerprint density at radius 1 is 1.21 bits per heavy atom. The molecule has 8 heteroatoms. The quantitative estimate of drug-likeness (QED) is 0.419. The first-order chi connectivity index (χ1) is 13.5. The molecule has 152 valence electrons. The third kappa shape index (κ3) is 5.47. The van der Waals surface area contributed by atoms with Crippen LogP contribution in [0.5, 0.6) is 0 Å². The van der Waals surface area contributed by atoms with E-state index in [0.29, 0.717) is 35.1 Å². The molecule has 2 N–H and O–H groups in total. The maximum atomic E-state index is 13.1. The number of Topliss-reactive ketones (excluding diaryl/α,β-unsaturated/α-hetero) is 1. The molecule has 1 heterocycles. The first kappa shape index (κ1) is 21.6. The molecule has 0 amide bonds. The normalized spacial score (nSPS) is 19.8. The van der Waals surface area contributed by atoms with Crippen LogP contribution >= 0.6 is 33.2 Å². The van der Waals surface area contributed by atoms with Gasteiger partial charge >= 0.3 is 5.97 Å². The van der Waals surface area contributed by atoms with Gasteiger partial charge in [-0.25, -0.2) is 0 Å². The Morgan fingerprint density at radius 3 is 2.61 bits per heavy atom. The van der Waals surface area contributed by atoms with Crippen molar-refractivity contribution < 1.29 is 19.8 Å². The zero-order valence-corrected chi connectivity index (χ0v) is 17.9. The van der Waals surface area contributed by atoms with E-state index < -0.39 is 5.97 Å². The monoisotopic (exact) mass is 441 g/mol. The summed E-state index contributed by atoms with van der Waals surface area (Å²) in [5, 5.41) is 19.1. The Kier molecular flexibility index (Phi) is 7.74. The average Bonchev–Trinajstić information content (AvgIpc) is 3.50. The standard InChI is InChI=1S/C20H24ClNO4S2/c21-16-4-2-1-3-14(16)12-22-8-7-17(28-27-10-9-23)15(11-18(24)25)19(22)20(26)13-5-6-13/h1-4,13,17,23H,5-12H2,(H,24,25). The summed E-state index contributed by atoms with van der Waals surface area (Å²) >= 11 is 6.33. The maximum absolute atomic E-state index is 13.1. The van der Waals surface area contributed by atoms with Gasteiger partial charge in [-0.3, -0.25) is 9.59 Å². The summed E-state index contributed by atoms with van der Waals surface area (Å²) in [6, 6.07) is 7.56. The molecule has 1 aromatic carbocycles. The number of carbonyl (C=O) groups excluding carboxylic acids is 1. The number of aliphatic carboxylic acids is 1. The molecule has 1 fully saturated rings. The molecule has 5 nitrogen and oxygen atoms in total. The van der Waals surface area contributed by atoms with E-state index in [1.165, 1.54) is 10.8 Å². The van der Waals surface area contributed by atoms with E-state index in [1.54, 1.807) is 10.8 Å². The Balaban J connectivity index is 1.94. The molecular weight excluding hydrogens is 418 g/mol. The van der Waals surface area contributed by atoms with Crippen molar-refractivity contribution in [3.8, 4) is 0 Å². The van der Waals surface area contributed by atoms with Crippen molar-refractivity contribution in [3.63, 3.8) is 0 Å². The minimum atomic E-state index is -0.923. The van der Waals surface area contributed by atoms with E-state index in [0.717, 1.165) is 24.8 Å². The molecule has 1 atom stereocenters. The van der Waals surface area contributed by atoms with Crippen molar-refractivity contribution in [1.29, 1.82) is 0 Å². The molecule has 0 bridgehead atoms. The molecular formula is C20H24ClNO4S2. The Labute approximate surface area is 177 Å². The van der Waals surface area contributed by atoms with Crippen LogP contribution in [0, 0.1) is 5.92 Å². The predicted octanol–water partition coefficient (Wildman–Crippen LogP) is 4.00. The molecule has 1 aromatic rings. The van der Waals surface area contributed by atoms with Gasteiger partial charge in [0.2, 0.25) is 0 Å². The summed E-state index contributed by atoms with van der Waals surface area (Å²) in [5.41, 5.74) is 2.22. The number of rotatable bonds is 10. The fourth-order valence-electron chi connectivity index (χ4n) is 3.39. The van der Waals surface area contributed by atoms with Gasteiger partial charge in [-0.05, 0) is 36.5 Å². The lowest BCUT2D eigenvalue weighted by Gasteiger charge is -2.37. The molecule has 0 saturated heterocycles. The van der Waals surface area contributed by atoms with Gasteiger partial charge < -0.3 is 15.1 Å². The number of carboxylic acids is 1. The zero-order valence-electron chi connectivity index (χ0n) is 15.5. The number of carbonyl (C=O) groups is 2. The third-order valence-electron chi connectivity index (χ3n) is 4.87. The highest BCUT2D eigenvalue weighted by molar-refractivity contribution is 8.77. The number of ketones is 1. The van der Waals surface area contributed by atoms with Gasteiger partial charge in [0.05, 0.1) is 18.7 Å². The number of aliphatic hydroxyl groups excluding tert-OH is 1. The fraction of sp³-hybridized carbons (Fsp3) is 0.500. The van der Waals surface area contributed by atoms with Gasteiger partial charge in [0.15, 0.2) is 5.78 Å². The van der Waals surface area contributed by atoms with Gasteiger partial charge in [-0.15, -0.1) is 0 Å². The van der Waals surface area contributed by atoms with Crippen LogP contribution < -0.4 is 0 Å². The van der Waals surface area contributed by atoms with Crippen LogP contribution in [0.2, 0.25) is 5.02 Å². The van der Waals surface area contributed by atoms with Crippen molar-refractivity contribution >= 4 is 44.9 Å². The van der Waals surface area contributed by atoms with Crippen LogP contribution in [-0.2, 0) is 16.1 Å². The van der Waals surface area contributed by atoms with Crippen LogP contribution in [0.15, 0.2) is 35.5 Å². The van der Waals surface area contributed by atoms with E-state index in [2.05, 4.69) is 0 Å².